The molecule has 2 heterocycles. The van der Waals surface area contributed by atoms with Gasteiger partial charge in [0.15, 0.2) is 0 Å². The largest absolute Gasteiger partial charge is 0.497 e. The minimum atomic E-state index is -1.34. The van der Waals surface area contributed by atoms with Gasteiger partial charge in [-0.1, -0.05) is 18.2 Å². The zero-order valence-electron chi connectivity index (χ0n) is 19.5. The van der Waals surface area contributed by atoms with Crippen molar-refractivity contribution in [1.82, 2.24) is 5.32 Å². The second kappa shape index (κ2) is 8.51. The minimum absolute atomic E-state index is 0.178. The third kappa shape index (κ3) is 3.64. The van der Waals surface area contributed by atoms with E-state index < -0.39 is 35.3 Å². The van der Waals surface area contributed by atoms with Crippen LogP contribution >= 0.6 is 0 Å². The van der Waals surface area contributed by atoms with Crippen LogP contribution in [-0.4, -0.2) is 51.1 Å². The molecule has 0 aliphatic carbocycles. The molecule has 2 fully saturated rings. The normalized spacial score (nSPS) is 26.3. The topological polar surface area (TPSA) is 88.2 Å². The number of carbonyl (C=O) groups excluding carboxylic acids is 3. The standard InChI is InChI=1S/C25H29N3O5/c1-6-33-24(31)25(2)20-19(21(26-25)15-10-12-16(13-11-15)27(3)4)22(29)28(23(20)30)17-8-7-9-18(14-17)32-5/h7-14,19-21,26H,6H2,1-5H3/t19-,20+,21-,25-/m0/s1. The molecule has 4 atom stereocenters. The highest BCUT2D eigenvalue weighted by atomic mass is 16.5. The van der Waals surface area contributed by atoms with Crippen molar-refractivity contribution in [3.63, 3.8) is 0 Å². The summed E-state index contributed by atoms with van der Waals surface area (Å²) in [5.41, 5.74) is 0.920. The van der Waals surface area contributed by atoms with Gasteiger partial charge in [-0.2, -0.15) is 0 Å². The molecule has 2 aromatic rings. The van der Waals surface area contributed by atoms with E-state index in [1.807, 2.05) is 43.3 Å². The first kappa shape index (κ1) is 22.8. The van der Waals surface area contributed by atoms with E-state index in [2.05, 4.69) is 5.32 Å². The summed E-state index contributed by atoms with van der Waals surface area (Å²) in [6.45, 7) is 3.55. The number of nitrogens with zero attached hydrogens (tertiary/aromatic N) is 2. The van der Waals surface area contributed by atoms with Gasteiger partial charge in [0, 0.05) is 31.9 Å². The van der Waals surface area contributed by atoms with Crippen LogP contribution in [0.1, 0.15) is 25.5 Å². The van der Waals surface area contributed by atoms with Gasteiger partial charge in [0.2, 0.25) is 11.8 Å². The van der Waals surface area contributed by atoms with E-state index in [0.29, 0.717) is 11.4 Å². The van der Waals surface area contributed by atoms with E-state index in [1.165, 1.54) is 12.0 Å². The predicted molar refractivity (Wildman–Crippen MR) is 124 cm³/mol. The van der Waals surface area contributed by atoms with E-state index in [1.54, 1.807) is 38.1 Å². The highest BCUT2D eigenvalue weighted by Gasteiger charge is 2.67. The van der Waals surface area contributed by atoms with Crippen LogP contribution in [0.25, 0.3) is 0 Å². The van der Waals surface area contributed by atoms with Crippen molar-refractivity contribution in [2.75, 3.05) is 37.6 Å². The Hall–Kier alpha value is -3.39. The lowest BCUT2D eigenvalue weighted by molar-refractivity contribution is -0.153. The molecule has 2 saturated heterocycles. The molecule has 0 unspecified atom stereocenters. The number of esters is 1. The summed E-state index contributed by atoms with van der Waals surface area (Å²) in [6.07, 6.45) is 0. The smallest absolute Gasteiger partial charge is 0.326 e. The van der Waals surface area contributed by atoms with Gasteiger partial charge in [-0.25, -0.2) is 4.90 Å². The average Bonchev–Trinajstić information content (AvgIpc) is 3.27. The van der Waals surface area contributed by atoms with Gasteiger partial charge in [0.25, 0.3) is 0 Å². The van der Waals surface area contributed by atoms with Gasteiger partial charge in [0.1, 0.15) is 11.3 Å². The molecule has 2 amide bonds. The number of ether oxygens (including phenoxy) is 2. The van der Waals surface area contributed by atoms with Crippen molar-refractivity contribution in [2.24, 2.45) is 11.8 Å². The molecule has 33 heavy (non-hydrogen) atoms. The molecule has 0 saturated carbocycles. The Bertz CT molecular complexity index is 1080. The van der Waals surface area contributed by atoms with Crippen LogP contribution in [0, 0.1) is 11.8 Å². The lowest BCUT2D eigenvalue weighted by Crippen LogP contribution is -2.54. The van der Waals surface area contributed by atoms with Crippen molar-refractivity contribution in [1.29, 1.82) is 0 Å². The average molecular weight is 452 g/mol. The molecule has 2 aliphatic rings. The molecule has 0 radical (unpaired) electrons. The van der Waals surface area contributed by atoms with Crippen molar-refractivity contribution < 1.29 is 23.9 Å². The quantitative estimate of drug-likeness (QED) is 0.533. The van der Waals surface area contributed by atoms with Crippen molar-refractivity contribution >= 4 is 29.2 Å². The molecule has 8 nitrogen and oxygen atoms in total. The molecule has 2 aromatic carbocycles. The highest BCUT2D eigenvalue weighted by Crippen LogP contribution is 2.50. The van der Waals surface area contributed by atoms with E-state index in [9.17, 15) is 14.4 Å². The second-order valence-corrected chi connectivity index (χ2v) is 8.75. The Kier molecular flexibility index (Phi) is 5.88. The van der Waals surface area contributed by atoms with E-state index in [4.69, 9.17) is 9.47 Å². The van der Waals surface area contributed by atoms with Gasteiger partial charge in [0.05, 0.1) is 31.2 Å². The molecule has 4 rings (SSSR count). The Morgan fingerprint density at radius 3 is 2.42 bits per heavy atom. The molecule has 8 heteroatoms. The number of benzene rings is 2. The SMILES string of the molecule is CCOC(=O)[C@@]1(C)N[C@@H](c2ccc(N(C)C)cc2)[C@H]2C(=O)N(c3cccc(OC)c3)C(=O)[C@@H]21. The zero-order valence-corrected chi connectivity index (χ0v) is 19.5. The summed E-state index contributed by atoms with van der Waals surface area (Å²) in [7, 11) is 5.42. The third-order valence-corrected chi connectivity index (χ3v) is 6.57. The number of fused-ring (bicyclic) bond motifs is 1. The second-order valence-electron chi connectivity index (χ2n) is 8.75. The molecular weight excluding hydrogens is 422 g/mol. The minimum Gasteiger partial charge on any atom is -0.497 e. The van der Waals surface area contributed by atoms with E-state index in [0.717, 1.165) is 11.3 Å². The number of imide groups is 1. The summed E-state index contributed by atoms with van der Waals surface area (Å²) >= 11 is 0. The molecule has 0 aromatic heterocycles. The number of carbonyl (C=O) groups is 3. The molecular formula is C25H29N3O5. The fourth-order valence-electron chi connectivity index (χ4n) is 4.88. The Morgan fingerprint density at radius 1 is 1.12 bits per heavy atom. The van der Waals surface area contributed by atoms with E-state index >= 15 is 0 Å². The number of hydrogen-bond donors (Lipinski definition) is 1. The number of rotatable bonds is 6. The number of nitrogens with one attached hydrogen (secondary N) is 1. The fourth-order valence-corrected chi connectivity index (χ4v) is 4.88. The van der Waals surface area contributed by atoms with Gasteiger partial charge in [-0.3, -0.25) is 19.7 Å². The number of anilines is 2. The number of hydrogen-bond acceptors (Lipinski definition) is 7. The zero-order chi connectivity index (χ0) is 23.9. The van der Waals surface area contributed by atoms with Crippen LogP contribution in [0.3, 0.4) is 0 Å². The number of amides is 2. The van der Waals surface area contributed by atoms with Gasteiger partial charge in [-0.05, 0) is 43.7 Å². The maximum atomic E-state index is 13.7. The van der Waals surface area contributed by atoms with Crippen LogP contribution in [0.2, 0.25) is 0 Å². The summed E-state index contributed by atoms with van der Waals surface area (Å²) in [5.74, 6) is -2.42. The van der Waals surface area contributed by atoms with E-state index in [-0.39, 0.29) is 12.5 Å². The Labute approximate surface area is 193 Å². The maximum Gasteiger partial charge on any atom is 0.326 e. The van der Waals surface area contributed by atoms with Crippen LogP contribution in [0.5, 0.6) is 5.75 Å². The Balaban J connectivity index is 1.79. The van der Waals surface area contributed by atoms with Crippen LogP contribution < -0.4 is 19.9 Å². The molecule has 1 N–H and O–H groups in total. The lowest BCUT2D eigenvalue weighted by Gasteiger charge is -2.29. The first-order valence-corrected chi connectivity index (χ1v) is 11.0. The van der Waals surface area contributed by atoms with Crippen LogP contribution in [0.15, 0.2) is 48.5 Å². The number of methoxy groups -OCH3 is 1. The molecule has 0 bridgehead atoms. The van der Waals surface area contributed by atoms with Gasteiger partial charge < -0.3 is 14.4 Å². The summed E-state index contributed by atoms with van der Waals surface area (Å²) in [4.78, 5) is 43.5. The molecule has 2 aliphatic heterocycles. The third-order valence-electron chi connectivity index (χ3n) is 6.57. The van der Waals surface area contributed by atoms with Crippen LogP contribution in [-0.2, 0) is 19.1 Å². The molecule has 174 valence electrons. The van der Waals surface area contributed by atoms with Gasteiger partial charge in [-0.15, -0.1) is 0 Å². The van der Waals surface area contributed by atoms with Crippen molar-refractivity contribution in [3.05, 3.63) is 54.1 Å². The summed E-state index contributed by atoms with van der Waals surface area (Å²) in [5, 5.41) is 3.29. The fraction of sp³-hybridized carbons (Fsp3) is 0.400. The summed E-state index contributed by atoms with van der Waals surface area (Å²) < 4.78 is 10.6. The van der Waals surface area contributed by atoms with Crippen molar-refractivity contribution in [2.45, 2.75) is 25.4 Å². The highest BCUT2D eigenvalue weighted by molar-refractivity contribution is 6.24. The van der Waals surface area contributed by atoms with Crippen LogP contribution in [0.4, 0.5) is 11.4 Å². The lowest BCUT2D eigenvalue weighted by atomic mass is 9.80. The summed E-state index contributed by atoms with van der Waals surface area (Å²) in [6, 6.07) is 14.0. The first-order chi connectivity index (χ1) is 15.7. The van der Waals surface area contributed by atoms with Crippen molar-refractivity contribution in [3.8, 4) is 5.75 Å². The molecule has 0 spiro atoms. The predicted octanol–water partition coefficient (Wildman–Crippen LogP) is 2.53. The van der Waals surface area contributed by atoms with Gasteiger partial charge >= 0.3 is 5.97 Å². The monoisotopic (exact) mass is 451 g/mol. The first-order valence-electron chi connectivity index (χ1n) is 11.0. The maximum absolute atomic E-state index is 13.7. The Morgan fingerprint density at radius 2 is 1.82 bits per heavy atom.